The fourth-order valence-corrected chi connectivity index (χ4v) is 20.3. The van der Waals surface area contributed by atoms with Gasteiger partial charge in [-0.2, -0.15) is 0 Å². The number of rotatable bonds is 10. The third-order valence-corrected chi connectivity index (χ3v) is 23.5. The van der Waals surface area contributed by atoms with Crippen LogP contribution in [0.4, 0.5) is 0 Å². The van der Waals surface area contributed by atoms with Gasteiger partial charge in [0, 0.05) is 0 Å². The van der Waals surface area contributed by atoms with Gasteiger partial charge in [0.25, 0.3) is 0 Å². The molecule has 0 bridgehead atoms. The van der Waals surface area contributed by atoms with Crippen molar-refractivity contribution in [3.8, 4) is 66.8 Å². The molecule has 0 heterocycles. The molecule has 350 valence electrons. The quantitative estimate of drug-likeness (QED) is 0.102. The molecular weight excluding hydrogens is 975 g/mol. The molecule has 9 aromatic rings. The number of allylic oxidation sites excluding steroid dienone is 4. The molecule has 0 N–H and O–H groups in total. The molecule has 0 saturated carbocycles. The van der Waals surface area contributed by atoms with Crippen LogP contribution in [-0.2, 0) is 20.4 Å². The molecular formula is C66H57Cl3SiTi. The third-order valence-electron chi connectivity index (χ3n) is 15.5. The smallest absolute Gasteiger partial charge is 1.00 e. The maximum absolute atomic E-state index is 3.44. The van der Waals surface area contributed by atoms with Crippen molar-refractivity contribution < 1.29 is 57.7 Å². The zero-order valence-electron chi connectivity index (χ0n) is 41.4. The topological polar surface area (TPSA) is 0 Å². The summed E-state index contributed by atoms with van der Waals surface area (Å²) in [5, 5.41) is 3.96. The molecule has 71 heavy (non-hydrogen) atoms. The van der Waals surface area contributed by atoms with Crippen molar-refractivity contribution in [1.29, 1.82) is 0 Å². The molecule has 1 aliphatic carbocycles. The first-order chi connectivity index (χ1) is 33.1. The molecule has 1 unspecified atom stereocenters. The molecule has 0 spiro atoms. The molecule has 0 aliphatic heterocycles. The van der Waals surface area contributed by atoms with Crippen molar-refractivity contribution in [2.24, 2.45) is 0 Å². The van der Waals surface area contributed by atoms with Crippen molar-refractivity contribution in [3.05, 3.63) is 256 Å². The van der Waals surface area contributed by atoms with E-state index in [2.05, 4.69) is 287 Å². The molecule has 0 fully saturated rings. The van der Waals surface area contributed by atoms with Crippen LogP contribution >= 0.6 is 0 Å². The van der Waals surface area contributed by atoms with E-state index in [1.165, 1.54) is 120 Å². The van der Waals surface area contributed by atoms with Crippen LogP contribution in [0.1, 0.15) is 44.4 Å². The van der Waals surface area contributed by atoms with Crippen molar-refractivity contribution in [2.45, 2.75) is 53.5 Å². The Morgan fingerprint density at radius 1 is 0.310 bits per heavy atom. The Hall–Kier alpha value is -5.74. The Morgan fingerprint density at radius 3 is 0.775 bits per heavy atom. The van der Waals surface area contributed by atoms with Crippen molar-refractivity contribution in [1.82, 2.24) is 0 Å². The minimum Gasteiger partial charge on any atom is -1.00 e. The zero-order valence-corrected chi connectivity index (χ0v) is 46.2. The summed E-state index contributed by atoms with van der Waals surface area (Å²) in [7, 11) is -3.44. The van der Waals surface area contributed by atoms with Crippen LogP contribution in [0.25, 0.3) is 66.8 Å². The summed E-state index contributed by atoms with van der Waals surface area (Å²) in [6, 6.07) is 81.6. The van der Waals surface area contributed by atoms with Crippen molar-refractivity contribution in [2.75, 3.05) is 0 Å². The SMILES string of the molecule is CC1=C(C)C(C)([Si](c2ccc(-c3ccccc3)c(-c3ccccc3)c2C)(c2ccc(-c3ccccc3)c(-c3ccccc3)c2C)c2ccc(-c3ccccc3)c(-c3ccccc3)c2C)[C]([Ti+3])=C1C.[Cl-].[Cl-].[Cl-]. The normalized spacial score (nSPS) is 14.4. The van der Waals surface area contributed by atoms with E-state index in [1.807, 2.05) is 0 Å². The average molecular weight is 1030 g/mol. The van der Waals surface area contributed by atoms with Crippen LogP contribution < -0.4 is 52.8 Å². The monoisotopic (exact) mass is 1030 g/mol. The minimum atomic E-state index is -3.44. The first-order valence-corrected chi connectivity index (χ1v) is 26.7. The fraction of sp³-hybridized carbons (Fsp3) is 0.121. The Balaban J connectivity index is 0.00000247. The van der Waals surface area contributed by atoms with E-state index in [-0.39, 0.29) is 42.3 Å². The maximum atomic E-state index is 2.64. The Kier molecular flexibility index (Phi) is 16.4. The summed E-state index contributed by atoms with van der Waals surface area (Å²) in [5.74, 6) is 0. The predicted octanol–water partition coefficient (Wildman–Crippen LogP) is 7.03. The molecule has 0 amide bonds. The van der Waals surface area contributed by atoms with Gasteiger partial charge in [0.05, 0.1) is 0 Å². The van der Waals surface area contributed by atoms with Crippen LogP contribution in [0.2, 0.25) is 5.04 Å². The Labute approximate surface area is 453 Å². The largest absolute Gasteiger partial charge is 1.00 e. The van der Waals surface area contributed by atoms with Gasteiger partial charge in [-0.1, -0.05) is 0 Å². The molecule has 1 atom stereocenters. The van der Waals surface area contributed by atoms with Gasteiger partial charge in [0.15, 0.2) is 0 Å². The van der Waals surface area contributed by atoms with E-state index in [0.717, 1.165) is 0 Å². The standard InChI is InChI=1S/C66H57Si.3ClH.Ti/c1-45-44-66(7,50(6)46(45)2)67(60-41-38-57(51-26-14-8-15-27-51)63(47(60)3)54-32-20-11-21-33-54,61-42-39-58(52-28-16-9-17-29-52)64(48(61)4)55-34-22-12-23-35-55)62-43-40-59(53-30-18-10-19-31-53)65(49(62)5)56-36-24-13-25-37-56;;;;/h8-43H,1-7H3;3*1H;/q;;;;+3/p-3. The van der Waals surface area contributed by atoms with Crippen molar-refractivity contribution >= 4 is 23.6 Å². The average Bonchev–Trinajstić information content (AvgIpc) is 3.54. The molecule has 9 aromatic carbocycles. The first-order valence-electron chi connectivity index (χ1n) is 23.9. The number of hydrogen-bond donors (Lipinski definition) is 0. The van der Waals surface area contributed by atoms with E-state index < -0.39 is 8.07 Å². The number of halogens is 3. The molecule has 0 radical (unpaired) electrons. The van der Waals surface area contributed by atoms with Gasteiger partial charge < -0.3 is 37.2 Å². The van der Waals surface area contributed by atoms with Crippen LogP contribution in [0.3, 0.4) is 0 Å². The number of hydrogen-bond acceptors (Lipinski definition) is 0. The Bertz CT molecular complexity index is 3040. The summed E-state index contributed by atoms with van der Waals surface area (Å²) in [6.07, 6.45) is 0. The summed E-state index contributed by atoms with van der Waals surface area (Å²) >= 11 is 2.46. The zero-order chi connectivity index (χ0) is 47.2. The second kappa shape index (κ2) is 21.9. The second-order valence-electron chi connectivity index (χ2n) is 18.8. The molecule has 0 saturated heterocycles. The van der Waals surface area contributed by atoms with Gasteiger partial charge in [0.2, 0.25) is 0 Å². The fourth-order valence-electron chi connectivity index (χ4n) is 12.0. The summed E-state index contributed by atoms with van der Waals surface area (Å²) in [4.78, 5) is 0. The van der Waals surface area contributed by atoms with E-state index in [1.54, 1.807) is 0 Å². The number of benzene rings is 9. The van der Waals surface area contributed by atoms with Crippen molar-refractivity contribution in [3.63, 3.8) is 0 Å². The molecule has 5 heteroatoms. The molecule has 10 rings (SSSR count). The third kappa shape index (κ3) is 8.80. The van der Waals surface area contributed by atoms with Gasteiger partial charge in [-0.05, 0) is 0 Å². The van der Waals surface area contributed by atoms with Gasteiger partial charge in [-0.3, -0.25) is 0 Å². The van der Waals surface area contributed by atoms with E-state index in [9.17, 15) is 0 Å². The summed E-state index contributed by atoms with van der Waals surface area (Å²) < 4.78 is 1.47. The second-order valence-corrected chi connectivity index (χ2v) is 23.7. The summed E-state index contributed by atoms with van der Waals surface area (Å²) in [6.45, 7) is 17.2. The summed E-state index contributed by atoms with van der Waals surface area (Å²) in [5.41, 5.74) is 23.4. The van der Waals surface area contributed by atoms with Crippen LogP contribution in [0, 0.1) is 20.8 Å². The molecule has 0 nitrogen and oxygen atoms in total. The molecule has 0 aromatic heterocycles. The minimum absolute atomic E-state index is 0. The predicted molar refractivity (Wildman–Crippen MR) is 290 cm³/mol. The molecule has 1 aliphatic rings. The van der Waals surface area contributed by atoms with Gasteiger partial charge >= 0.3 is 420 Å². The maximum Gasteiger partial charge on any atom is -1.00 e. The first kappa shape index (κ1) is 53.1. The van der Waals surface area contributed by atoms with Gasteiger partial charge in [-0.25, -0.2) is 0 Å². The van der Waals surface area contributed by atoms with Crippen LogP contribution in [0.5, 0.6) is 0 Å². The van der Waals surface area contributed by atoms with E-state index >= 15 is 0 Å². The van der Waals surface area contributed by atoms with Crippen LogP contribution in [0.15, 0.2) is 239 Å². The van der Waals surface area contributed by atoms with E-state index in [4.69, 9.17) is 0 Å². The van der Waals surface area contributed by atoms with Gasteiger partial charge in [-0.15, -0.1) is 0 Å². The van der Waals surface area contributed by atoms with E-state index in [0.29, 0.717) is 0 Å². The van der Waals surface area contributed by atoms with Gasteiger partial charge in [0.1, 0.15) is 0 Å². The Morgan fingerprint density at radius 2 is 0.549 bits per heavy atom. The van der Waals surface area contributed by atoms with Crippen LogP contribution in [-0.4, -0.2) is 8.07 Å².